The van der Waals surface area contributed by atoms with E-state index in [1.165, 1.54) is 0 Å². The van der Waals surface area contributed by atoms with Gasteiger partial charge in [-0.1, -0.05) is 36.4 Å². The second kappa shape index (κ2) is 11.8. The molecule has 210 valence electrons. The van der Waals surface area contributed by atoms with Gasteiger partial charge in [0.25, 0.3) is 0 Å². The van der Waals surface area contributed by atoms with Gasteiger partial charge in [-0.15, -0.1) is 0 Å². The van der Waals surface area contributed by atoms with Gasteiger partial charge in [-0.3, -0.25) is 0 Å². The van der Waals surface area contributed by atoms with Crippen LogP contribution in [0.3, 0.4) is 0 Å². The van der Waals surface area contributed by atoms with Crippen molar-refractivity contribution in [2.75, 3.05) is 6.61 Å². The van der Waals surface area contributed by atoms with Gasteiger partial charge in [0.05, 0.1) is 0 Å². The molecule has 0 heterocycles. The number of hydrogen-bond acceptors (Lipinski definition) is 6. The number of benzene rings is 4. The lowest BCUT2D eigenvalue weighted by molar-refractivity contribution is -0.157. The summed E-state index contributed by atoms with van der Waals surface area (Å²) in [5.41, 5.74) is -0.661. The van der Waals surface area contributed by atoms with Crippen molar-refractivity contribution in [3.05, 3.63) is 115 Å². The topological polar surface area (TPSA) is 78.9 Å². The lowest BCUT2D eigenvalue weighted by Crippen LogP contribution is -2.27. The average Bonchev–Trinajstić information content (AvgIpc) is 2.91. The molecule has 0 saturated heterocycles. The molecule has 0 spiro atoms. The zero-order valence-electron chi connectivity index (χ0n) is 22.0. The van der Waals surface area contributed by atoms with Gasteiger partial charge in [-0.05, 0) is 91.7 Å². The summed E-state index contributed by atoms with van der Waals surface area (Å²) in [6.07, 6.45) is 0. The van der Waals surface area contributed by atoms with Crippen LogP contribution in [0.5, 0.6) is 5.75 Å². The van der Waals surface area contributed by atoms with Crippen LogP contribution in [-0.2, 0) is 23.3 Å². The second-order valence-electron chi connectivity index (χ2n) is 9.63. The molecule has 6 nitrogen and oxygen atoms in total. The van der Waals surface area contributed by atoms with Crippen LogP contribution in [0, 0.1) is 11.6 Å². The molecule has 0 bridgehead atoms. The lowest BCUT2D eigenvalue weighted by atomic mass is 10.2. The molecule has 0 unspecified atom stereocenters. The summed E-state index contributed by atoms with van der Waals surface area (Å²) < 4.78 is 72.4. The highest BCUT2D eigenvalue weighted by Gasteiger charge is 2.39. The molecule has 10 heteroatoms. The molecule has 4 aromatic rings. The van der Waals surface area contributed by atoms with E-state index in [-0.39, 0.29) is 6.61 Å². The van der Waals surface area contributed by atoms with Crippen molar-refractivity contribution < 1.29 is 35.1 Å². The molecule has 0 fully saturated rings. The number of hydrogen-bond donors (Lipinski definition) is 0. The zero-order chi connectivity index (χ0) is 29.0. The van der Waals surface area contributed by atoms with Crippen LogP contribution in [0.15, 0.2) is 123 Å². The minimum absolute atomic E-state index is 0.319. The summed E-state index contributed by atoms with van der Waals surface area (Å²) in [6.45, 7) is 4.93. The number of halogens is 2. The van der Waals surface area contributed by atoms with Crippen molar-refractivity contribution in [3.8, 4) is 5.75 Å². The van der Waals surface area contributed by atoms with E-state index >= 15 is 0 Å². The molecule has 0 aliphatic heterocycles. The standard InChI is InChI=1S/C30H28F2O6S2/c1-30(2,3)37-29(33)21-36-23-15-17-26(18-16-23)39(24-10-6-4-7-11-24,25-12-8-5-9-13-25)38-40(34,35)28-19-14-22(31)20-27(28)32/h4-20H,21H2,1-3H3. The Labute approximate surface area is 234 Å². The van der Waals surface area contributed by atoms with Gasteiger partial charge in [0.15, 0.2) is 6.61 Å². The first-order valence-electron chi connectivity index (χ1n) is 12.2. The smallest absolute Gasteiger partial charge is 0.344 e. The third kappa shape index (κ3) is 6.70. The van der Waals surface area contributed by atoms with E-state index in [1.807, 2.05) is 0 Å². The fourth-order valence-electron chi connectivity index (χ4n) is 3.84. The second-order valence-corrected chi connectivity index (χ2v) is 14.0. The van der Waals surface area contributed by atoms with Gasteiger partial charge in [-0.25, -0.2) is 17.2 Å². The van der Waals surface area contributed by atoms with E-state index < -0.39 is 48.5 Å². The molecule has 40 heavy (non-hydrogen) atoms. The van der Waals surface area contributed by atoms with Crippen LogP contribution in [-0.4, -0.2) is 26.6 Å². The Kier molecular flexibility index (Phi) is 8.62. The summed E-state index contributed by atoms with van der Waals surface area (Å²) in [7, 11) is -7.79. The van der Waals surface area contributed by atoms with E-state index in [9.17, 15) is 22.0 Å². The number of esters is 1. The van der Waals surface area contributed by atoms with Crippen molar-refractivity contribution >= 4 is 26.4 Å². The van der Waals surface area contributed by atoms with Crippen LogP contribution in [0.4, 0.5) is 8.78 Å². The lowest BCUT2D eigenvalue weighted by Gasteiger charge is -2.39. The molecule has 0 atom stereocenters. The van der Waals surface area contributed by atoms with Gasteiger partial charge >= 0.3 is 16.1 Å². The van der Waals surface area contributed by atoms with Crippen LogP contribution >= 0.6 is 10.3 Å². The van der Waals surface area contributed by atoms with Gasteiger partial charge < -0.3 is 9.47 Å². The monoisotopic (exact) mass is 586 g/mol. The maximum Gasteiger partial charge on any atom is 0.344 e. The molecule has 0 N–H and O–H groups in total. The molecule has 0 aromatic heterocycles. The van der Waals surface area contributed by atoms with Crippen molar-refractivity contribution in [1.82, 2.24) is 0 Å². The van der Waals surface area contributed by atoms with Gasteiger partial charge in [0.2, 0.25) is 0 Å². The summed E-state index contributed by atoms with van der Waals surface area (Å²) >= 11 is 0. The summed E-state index contributed by atoms with van der Waals surface area (Å²) in [4.78, 5) is 12.8. The molecule has 0 radical (unpaired) electrons. The Morgan fingerprint density at radius 1 is 0.750 bits per heavy atom. The zero-order valence-corrected chi connectivity index (χ0v) is 23.7. The fraction of sp³-hybridized carbons (Fsp3) is 0.167. The minimum Gasteiger partial charge on any atom is -0.482 e. The number of ether oxygens (including phenoxy) is 2. The van der Waals surface area contributed by atoms with Gasteiger partial charge in [0.1, 0.15) is 27.9 Å². The highest BCUT2D eigenvalue weighted by molar-refractivity contribution is 8.33. The van der Waals surface area contributed by atoms with Crippen LogP contribution < -0.4 is 4.74 Å². The molecule has 0 aliphatic carbocycles. The maximum atomic E-state index is 14.7. The quantitative estimate of drug-likeness (QED) is 0.192. The third-order valence-electron chi connectivity index (χ3n) is 5.44. The number of carbonyl (C=O) groups excluding carboxylic acids is 1. The third-order valence-corrected chi connectivity index (χ3v) is 10.6. The van der Waals surface area contributed by atoms with Gasteiger partial charge in [-0.2, -0.15) is 8.42 Å². The fourth-order valence-corrected chi connectivity index (χ4v) is 9.10. The van der Waals surface area contributed by atoms with E-state index in [4.69, 9.17) is 13.1 Å². The Morgan fingerprint density at radius 3 is 1.77 bits per heavy atom. The van der Waals surface area contributed by atoms with Crippen molar-refractivity contribution in [1.29, 1.82) is 0 Å². The molecule has 0 amide bonds. The van der Waals surface area contributed by atoms with Crippen LogP contribution in [0.2, 0.25) is 0 Å². The summed E-state index contributed by atoms with van der Waals surface area (Å²) in [6, 6.07) is 26.1. The molecule has 0 saturated carbocycles. The first kappa shape index (κ1) is 29.3. The van der Waals surface area contributed by atoms with Crippen molar-refractivity contribution in [2.24, 2.45) is 0 Å². The predicted molar refractivity (Wildman–Crippen MR) is 148 cm³/mol. The Balaban J connectivity index is 1.81. The Morgan fingerprint density at radius 2 is 1.27 bits per heavy atom. The first-order valence-corrected chi connectivity index (χ1v) is 15.2. The highest BCUT2D eigenvalue weighted by Crippen LogP contribution is 2.70. The van der Waals surface area contributed by atoms with Crippen molar-refractivity contribution in [3.63, 3.8) is 0 Å². The van der Waals surface area contributed by atoms with Crippen LogP contribution in [0.25, 0.3) is 0 Å². The number of carbonyl (C=O) groups is 1. The molecule has 4 aromatic carbocycles. The summed E-state index contributed by atoms with van der Waals surface area (Å²) in [5.74, 6) is -2.37. The average molecular weight is 587 g/mol. The molecular formula is C30H28F2O6S2. The Bertz CT molecular complexity index is 1530. The maximum absolute atomic E-state index is 14.7. The first-order chi connectivity index (χ1) is 18.9. The van der Waals surface area contributed by atoms with Crippen LogP contribution in [0.1, 0.15) is 20.8 Å². The van der Waals surface area contributed by atoms with E-state index in [1.54, 1.807) is 106 Å². The molecule has 4 rings (SSSR count). The Hall–Kier alpha value is -3.73. The van der Waals surface area contributed by atoms with E-state index in [0.29, 0.717) is 26.5 Å². The largest absolute Gasteiger partial charge is 0.482 e. The van der Waals surface area contributed by atoms with Crippen molar-refractivity contribution in [2.45, 2.75) is 46.0 Å². The predicted octanol–water partition coefficient (Wildman–Crippen LogP) is 7.29. The SMILES string of the molecule is CC(C)(C)OC(=O)COc1ccc(S(OS(=O)(=O)c2ccc(F)cc2F)(c2ccccc2)c2ccccc2)cc1. The van der Waals surface area contributed by atoms with E-state index in [2.05, 4.69) is 0 Å². The molecule has 0 aliphatic rings. The number of rotatable bonds is 9. The summed E-state index contributed by atoms with van der Waals surface area (Å²) in [5, 5.41) is 0. The highest BCUT2D eigenvalue weighted by atomic mass is 32.3. The van der Waals surface area contributed by atoms with Gasteiger partial charge in [0, 0.05) is 20.8 Å². The minimum atomic E-state index is -4.76. The normalized spacial score (nSPS) is 12.5. The van der Waals surface area contributed by atoms with E-state index in [0.717, 1.165) is 12.1 Å². The molecular weight excluding hydrogens is 558 g/mol.